The molecule has 5 nitrogen and oxygen atoms in total. The number of thioether (sulfide) groups is 1. The highest BCUT2D eigenvalue weighted by atomic mass is 32.2. The van der Waals surface area contributed by atoms with Crippen LogP contribution in [0.4, 0.5) is 0 Å². The Morgan fingerprint density at radius 1 is 1.29 bits per heavy atom. The van der Waals surface area contributed by atoms with Crippen LogP contribution in [0.25, 0.3) is 0 Å². The third kappa shape index (κ3) is 6.24. The van der Waals surface area contributed by atoms with Gasteiger partial charge < -0.3 is 20.5 Å². The predicted molar refractivity (Wildman–Crippen MR) is 97.8 cm³/mol. The molecule has 0 spiro atoms. The van der Waals surface area contributed by atoms with E-state index in [4.69, 9.17) is 15.2 Å². The number of amides is 1. The normalized spacial score (nSPS) is 15.0. The van der Waals surface area contributed by atoms with Crippen molar-refractivity contribution in [2.75, 3.05) is 25.5 Å². The van der Waals surface area contributed by atoms with Crippen LogP contribution in [0.2, 0.25) is 0 Å². The molecule has 24 heavy (non-hydrogen) atoms. The molecule has 1 aromatic carbocycles. The van der Waals surface area contributed by atoms with Crippen molar-refractivity contribution in [3.05, 3.63) is 18.2 Å². The largest absolute Gasteiger partial charge is 0.490 e. The summed E-state index contributed by atoms with van der Waals surface area (Å²) >= 11 is 1.65. The molecule has 6 heteroatoms. The molecule has 0 saturated heterocycles. The molecule has 0 radical (unpaired) electrons. The smallest absolute Gasteiger partial charge is 0.221 e. The number of carbonyl (C=O) groups excluding carboxylic acids is 1. The molecule has 1 aromatic rings. The number of benzene rings is 1. The molecule has 0 fully saturated rings. The van der Waals surface area contributed by atoms with Crippen molar-refractivity contribution in [3.8, 4) is 11.5 Å². The van der Waals surface area contributed by atoms with E-state index < -0.39 is 0 Å². The van der Waals surface area contributed by atoms with E-state index >= 15 is 0 Å². The Kier molecular flexibility index (Phi) is 7.72. The Bertz CT molecular complexity index is 537. The molecule has 1 atom stereocenters. The minimum atomic E-state index is 0.0629. The maximum Gasteiger partial charge on any atom is 0.221 e. The van der Waals surface area contributed by atoms with Gasteiger partial charge in [0.15, 0.2) is 11.5 Å². The van der Waals surface area contributed by atoms with Crippen molar-refractivity contribution in [1.29, 1.82) is 0 Å². The van der Waals surface area contributed by atoms with Crippen molar-refractivity contribution in [1.82, 2.24) is 5.32 Å². The van der Waals surface area contributed by atoms with Crippen molar-refractivity contribution in [2.45, 2.75) is 44.0 Å². The third-order valence-corrected chi connectivity index (χ3v) is 4.72. The van der Waals surface area contributed by atoms with Crippen LogP contribution in [-0.2, 0) is 4.79 Å². The first-order valence-corrected chi connectivity index (χ1v) is 9.59. The summed E-state index contributed by atoms with van der Waals surface area (Å²) in [6.45, 7) is 6.13. The number of carbonyl (C=O) groups is 1. The van der Waals surface area contributed by atoms with Gasteiger partial charge in [-0.1, -0.05) is 13.8 Å². The summed E-state index contributed by atoms with van der Waals surface area (Å²) in [4.78, 5) is 13.1. The fourth-order valence-corrected chi connectivity index (χ4v) is 3.46. The number of ether oxygens (including phenoxy) is 2. The summed E-state index contributed by atoms with van der Waals surface area (Å²) in [7, 11) is 0. The quantitative estimate of drug-likeness (QED) is 0.704. The lowest BCUT2D eigenvalue weighted by atomic mass is 10.0. The van der Waals surface area contributed by atoms with E-state index in [1.165, 1.54) is 0 Å². The summed E-state index contributed by atoms with van der Waals surface area (Å²) < 4.78 is 11.3. The number of hydrogen-bond acceptors (Lipinski definition) is 5. The molecule has 0 aliphatic carbocycles. The van der Waals surface area contributed by atoms with Gasteiger partial charge in [-0.15, -0.1) is 11.8 Å². The Labute approximate surface area is 148 Å². The van der Waals surface area contributed by atoms with Gasteiger partial charge >= 0.3 is 0 Å². The topological polar surface area (TPSA) is 73.6 Å². The fourth-order valence-electron chi connectivity index (χ4n) is 2.58. The maximum absolute atomic E-state index is 12.0. The van der Waals surface area contributed by atoms with Crippen molar-refractivity contribution in [3.63, 3.8) is 0 Å². The van der Waals surface area contributed by atoms with Crippen LogP contribution in [-0.4, -0.2) is 37.5 Å². The SMILES string of the molecule is CC(C)CC(CN)NC(=O)CCSc1ccc2c(c1)OCCCO2. The van der Waals surface area contributed by atoms with Gasteiger partial charge in [-0.05, 0) is 30.5 Å². The first-order valence-electron chi connectivity index (χ1n) is 8.60. The van der Waals surface area contributed by atoms with Crippen LogP contribution in [0, 0.1) is 5.92 Å². The van der Waals surface area contributed by atoms with Gasteiger partial charge in [-0.2, -0.15) is 0 Å². The van der Waals surface area contributed by atoms with Gasteiger partial charge in [-0.3, -0.25) is 4.79 Å². The molecule has 134 valence electrons. The molecular formula is C18H28N2O3S. The lowest BCUT2D eigenvalue weighted by Gasteiger charge is -2.18. The second kappa shape index (κ2) is 9.79. The van der Waals surface area contributed by atoms with Gasteiger partial charge in [0.25, 0.3) is 0 Å². The molecule has 2 rings (SSSR count). The van der Waals surface area contributed by atoms with E-state index in [1.807, 2.05) is 18.2 Å². The first kappa shape index (κ1) is 18.9. The highest BCUT2D eigenvalue weighted by molar-refractivity contribution is 7.99. The minimum Gasteiger partial charge on any atom is -0.490 e. The Balaban J connectivity index is 1.77. The van der Waals surface area contributed by atoms with Crippen molar-refractivity contribution >= 4 is 17.7 Å². The Morgan fingerprint density at radius 3 is 2.75 bits per heavy atom. The van der Waals surface area contributed by atoms with Crippen LogP contribution in [0.3, 0.4) is 0 Å². The summed E-state index contributed by atoms with van der Waals surface area (Å²) in [6, 6.07) is 6.01. The number of rotatable bonds is 8. The summed E-state index contributed by atoms with van der Waals surface area (Å²) in [5.74, 6) is 2.91. The number of fused-ring (bicyclic) bond motifs is 1. The van der Waals surface area contributed by atoms with Gasteiger partial charge in [0.05, 0.1) is 13.2 Å². The molecule has 0 saturated carbocycles. The second-order valence-corrected chi connectivity index (χ2v) is 7.56. The van der Waals surface area contributed by atoms with Crippen molar-refractivity contribution < 1.29 is 14.3 Å². The average Bonchev–Trinajstić information content (AvgIpc) is 2.78. The van der Waals surface area contributed by atoms with E-state index in [0.717, 1.165) is 35.0 Å². The molecule has 1 aliphatic heterocycles. The Hall–Kier alpha value is -1.40. The summed E-state index contributed by atoms with van der Waals surface area (Å²) in [6.07, 6.45) is 2.29. The standard InChI is InChI=1S/C18H28N2O3S/c1-13(2)10-14(12-19)20-18(21)6-9-24-15-4-5-16-17(11-15)23-8-3-7-22-16/h4-5,11,13-14H,3,6-10,12,19H2,1-2H3,(H,20,21). The molecule has 1 heterocycles. The van der Waals surface area contributed by atoms with Crippen LogP contribution in [0.5, 0.6) is 11.5 Å². The second-order valence-electron chi connectivity index (χ2n) is 6.39. The maximum atomic E-state index is 12.0. The van der Waals surface area contributed by atoms with E-state index in [0.29, 0.717) is 32.1 Å². The van der Waals surface area contributed by atoms with E-state index in [2.05, 4.69) is 19.2 Å². The monoisotopic (exact) mass is 352 g/mol. The van der Waals surface area contributed by atoms with Crippen molar-refractivity contribution in [2.24, 2.45) is 11.7 Å². The van der Waals surface area contributed by atoms with Gasteiger partial charge in [0, 0.05) is 36.1 Å². The zero-order chi connectivity index (χ0) is 17.4. The van der Waals surface area contributed by atoms with Crippen LogP contribution < -0.4 is 20.5 Å². The lowest BCUT2D eigenvalue weighted by molar-refractivity contribution is -0.121. The minimum absolute atomic E-state index is 0.0629. The number of hydrogen-bond donors (Lipinski definition) is 2. The molecule has 0 bridgehead atoms. The third-order valence-electron chi connectivity index (χ3n) is 3.72. The van der Waals surface area contributed by atoms with Gasteiger partial charge in [0.1, 0.15) is 0 Å². The molecule has 1 amide bonds. The van der Waals surface area contributed by atoms with Crippen LogP contribution in [0.1, 0.15) is 33.1 Å². The summed E-state index contributed by atoms with van der Waals surface area (Å²) in [5, 5.41) is 3.02. The zero-order valence-corrected chi connectivity index (χ0v) is 15.4. The number of nitrogens with one attached hydrogen (secondary N) is 1. The van der Waals surface area contributed by atoms with Gasteiger partial charge in [0.2, 0.25) is 5.91 Å². The highest BCUT2D eigenvalue weighted by Gasteiger charge is 2.13. The van der Waals surface area contributed by atoms with E-state index in [-0.39, 0.29) is 11.9 Å². The van der Waals surface area contributed by atoms with Crippen LogP contribution in [0.15, 0.2) is 23.1 Å². The first-order chi connectivity index (χ1) is 11.6. The molecular weight excluding hydrogens is 324 g/mol. The fraction of sp³-hybridized carbons (Fsp3) is 0.611. The molecule has 1 unspecified atom stereocenters. The van der Waals surface area contributed by atoms with E-state index in [1.54, 1.807) is 11.8 Å². The average molecular weight is 353 g/mol. The molecule has 3 N–H and O–H groups in total. The molecule has 1 aliphatic rings. The Morgan fingerprint density at radius 2 is 2.04 bits per heavy atom. The zero-order valence-electron chi connectivity index (χ0n) is 14.5. The summed E-state index contributed by atoms with van der Waals surface area (Å²) in [5.41, 5.74) is 5.72. The van der Waals surface area contributed by atoms with E-state index in [9.17, 15) is 4.79 Å². The van der Waals surface area contributed by atoms with Crippen LogP contribution >= 0.6 is 11.8 Å². The van der Waals surface area contributed by atoms with Gasteiger partial charge in [-0.25, -0.2) is 0 Å². The number of nitrogens with two attached hydrogens (primary N) is 1. The lowest BCUT2D eigenvalue weighted by Crippen LogP contribution is -2.41. The highest BCUT2D eigenvalue weighted by Crippen LogP contribution is 2.33. The molecule has 0 aromatic heterocycles. The predicted octanol–water partition coefficient (Wildman–Crippen LogP) is 2.82.